The van der Waals surface area contributed by atoms with Gasteiger partial charge in [0.15, 0.2) is 0 Å². The minimum absolute atomic E-state index is 0.0762. The zero-order chi connectivity index (χ0) is 23.4. The van der Waals surface area contributed by atoms with Crippen molar-refractivity contribution in [3.05, 3.63) is 78.1 Å². The van der Waals surface area contributed by atoms with Crippen molar-refractivity contribution in [1.82, 2.24) is 19.6 Å². The van der Waals surface area contributed by atoms with Crippen LogP contribution in [0.25, 0.3) is 11.1 Å². The Bertz CT molecular complexity index is 1110. The maximum Gasteiger partial charge on any atom is 0.230 e. The molecule has 0 saturated carbocycles. The molecule has 33 heavy (non-hydrogen) atoms. The van der Waals surface area contributed by atoms with Gasteiger partial charge in [0.05, 0.1) is 5.41 Å². The molecule has 6 heteroatoms. The summed E-state index contributed by atoms with van der Waals surface area (Å²) in [5.41, 5.74) is 4.06. The third kappa shape index (κ3) is 5.16. The monoisotopic (exact) mass is 444 g/mol. The number of aromatic nitrogens is 2. The van der Waals surface area contributed by atoms with Gasteiger partial charge in [0.1, 0.15) is 0 Å². The Morgan fingerprint density at radius 1 is 1.06 bits per heavy atom. The summed E-state index contributed by atoms with van der Waals surface area (Å²) in [5.74, 6) is 0.165. The first-order valence-corrected chi connectivity index (χ1v) is 11.5. The Morgan fingerprint density at radius 3 is 2.55 bits per heavy atom. The van der Waals surface area contributed by atoms with Crippen LogP contribution in [0.1, 0.15) is 24.0 Å². The van der Waals surface area contributed by atoms with Gasteiger partial charge in [0, 0.05) is 52.5 Å². The number of benzene rings is 2. The van der Waals surface area contributed by atoms with Crippen molar-refractivity contribution in [2.75, 3.05) is 27.2 Å². The molecule has 2 aromatic carbocycles. The van der Waals surface area contributed by atoms with Crippen molar-refractivity contribution < 1.29 is 9.59 Å². The Morgan fingerprint density at radius 2 is 1.85 bits per heavy atom. The van der Waals surface area contributed by atoms with E-state index in [9.17, 15) is 9.59 Å². The minimum atomic E-state index is -0.600. The predicted octanol–water partition coefficient (Wildman–Crippen LogP) is 3.80. The van der Waals surface area contributed by atoms with Crippen LogP contribution >= 0.6 is 0 Å². The molecule has 0 spiro atoms. The quantitative estimate of drug-likeness (QED) is 0.557. The molecule has 3 aromatic rings. The molecule has 1 aliphatic rings. The second-order valence-corrected chi connectivity index (χ2v) is 9.31. The zero-order valence-corrected chi connectivity index (χ0v) is 19.7. The summed E-state index contributed by atoms with van der Waals surface area (Å²) in [7, 11) is 3.60. The lowest BCUT2D eigenvalue weighted by Crippen LogP contribution is -2.44. The number of nitrogens with zero attached hydrogens (tertiary/aromatic N) is 4. The summed E-state index contributed by atoms with van der Waals surface area (Å²) < 4.78 is 1.77. The van der Waals surface area contributed by atoms with Gasteiger partial charge in [-0.25, -0.2) is 0 Å². The number of hydrogen-bond donors (Lipinski definition) is 0. The Labute approximate surface area is 195 Å². The fourth-order valence-electron chi connectivity index (χ4n) is 4.75. The zero-order valence-electron chi connectivity index (χ0n) is 19.7. The van der Waals surface area contributed by atoms with Crippen LogP contribution in [-0.4, -0.2) is 58.6 Å². The summed E-state index contributed by atoms with van der Waals surface area (Å²) in [4.78, 5) is 29.8. The van der Waals surface area contributed by atoms with Gasteiger partial charge in [-0.05, 0) is 42.5 Å². The number of rotatable bonds is 7. The lowest BCUT2D eigenvalue weighted by molar-refractivity contribution is -0.139. The van der Waals surface area contributed by atoms with Crippen molar-refractivity contribution in [2.24, 2.45) is 5.41 Å². The number of likely N-dealkylation sites (tertiary alicyclic amines) is 1. The van der Waals surface area contributed by atoms with Crippen LogP contribution in [-0.2, 0) is 22.6 Å². The van der Waals surface area contributed by atoms with E-state index in [1.807, 2.05) is 17.2 Å². The van der Waals surface area contributed by atoms with E-state index in [4.69, 9.17) is 0 Å². The highest BCUT2D eigenvalue weighted by Crippen LogP contribution is 2.37. The summed E-state index contributed by atoms with van der Waals surface area (Å²) in [5, 5.41) is 4.17. The molecule has 1 aliphatic heterocycles. The molecule has 1 fully saturated rings. The van der Waals surface area contributed by atoms with Gasteiger partial charge in [-0.2, -0.15) is 5.10 Å². The third-order valence-corrected chi connectivity index (χ3v) is 6.53. The van der Waals surface area contributed by atoms with E-state index in [2.05, 4.69) is 60.6 Å². The molecule has 0 radical (unpaired) electrons. The van der Waals surface area contributed by atoms with Crippen molar-refractivity contribution in [3.8, 4) is 11.1 Å². The van der Waals surface area contributed by atoms with Crippen LogP contribution in [0.4, 0.5) is 0 Å². The molecule has 0 N–H and O–H groups in total. The van der Waals surface area contributed by atoms with E-state index >= 15 is 0 Å². The molecular formula is C27H32N4O2. The summed E-state index contributed by atoms with van der Waals surface area (Å²) in [6, 6.07) is 18.8. The molecule has 0 bridgehead atoms. The molecule has 1 aromatic heterocycles. The second kappa shape index (κ2) is 9.61. The molecule has 1 unspecified atom stereocenters. The summed E-state index contributed by atoms with van der Waals surface area (Å²) in [6.07, 6.45) is 5.25. The van der Waals surface area contributed by atoms with Crippen LogP contribution in [0.2, 0.25) is 0 Å². The third-order valence-electron chi connectivity index (χ3n) is 6.53. The lowest BCUT2D eigenvalue weighted by Gasteiger charge is -2.31. The highest BCUT2D eigenvalue weighted by atomic mass is 16.2. The number of aryl methyl sites for hydroxylation is 2. The van der Waals surface area contributed by atoms with E-state index in [1.165, 1.54) is 5.56 Å². The van der Waals surface area contributed by atoms with Crippen molar-refractivity contribution in [2.45, 2.75) is 32.7 Å². The van der Waals surface area contributed by atoms with Crippen molar-refractivity contribution in [1.29, 1.82) is 0 Å². The van der Waals surface area contributed by atoms with Gasteiger partial charge in [0.25, 0.3) is 0 Å². The van der Waals surface area contributed by atoms with E-state index in [0.717, 1.165) is 16.7 Å². The van der Waals surface area contributed by atoms with E-state index < -0.39 is 5.41 Å². The standard InChI is InChI=1S/C27H32N4O2/c1-21-8-10-23(11-9-21)24-7-4-6-22(18-24)19-27(26(33)29(2)3)13-17-30(20-27)25(32)12-16-31-15-5-14-28-31/h4-11,14-15,18H,12-13,16-17,19-20H2,1-3H3. The molecule has 2 amide bonds. The van der Waals surface area contributed by atoms with Gasteiger partial charge < -0.3 is 9.80 Å². The lowest BCUT2D eigenvalue weighted by atomic mass is 9.79. The summed E-state index contributed by atoms with van der Waals surface area (Å²) in [6.45, 7) is 3.69. The predicted molar refractivity (Wildman–Crippen MR) is 129 cm³/mol. The fourth-order valence-corrected chi connectivity index (χ4v) is 4.75. The van der Waals surface area contributed by atoms with E-state index in [0.29, 0.717) is 38.9 Å². The Hall–Kier alpha value is -3.41. The molecule has 6 nitrogen and oxygen atoms in total. The van der Waals surface area contributed by atoms with Crippen LogP contribution in [0.15, 0.2) is 67.0 Å². The molecule has 1 saturated heterocycles. The largest absolute Gasteiger partial charge is 0.348 e. The molecular weight excluding hydrogens is 412 g/mol. The average Bonchev–Trinajstić information content (AvgIpc) is 3.48. The smallest absolute Gasteiger partial charge is 0.230 e. The van der Waals surface area contributed by atoms with E-state index in [-0.39, 0.29) is 11.8 Å². The van der Waals surface area contributed by atoms with Crippen LogP contribution in [0.5, 0.6) is 0 Å². The van der Waals surface area contributed by atoms with Gasteiger partial charge in [-0.1, -0.05) is 54.1 Å². The van der Waals surface area contributed by atoms with Gasteiger partial charge in [0.2, 0.25) is 11.8 Å². The van der Waals surface area contributed by atoms with Gasteiger partial charge in [-0.3, -0.25) is 14.3 Å². The van der Waals surface area contributed by atoms with Crippen molar-refractivity contribution in [3.63, 3.8) is 0 Å². The van der Waals surface area contributed by atoms with Gasteiger partial charge in [-0.15, -0.1) is 0 Å². The number of carbonyl (C=O) groups is 2. The molecule has 4 rings (SSSR count). The summed E-state index contributed by atoms with van der Waals surface area (Å²) >= 11 is 0. The molecule has 172 valence electrons. The van der Waals surface area contributed by atoms with Crippen LogP contribution < -0.4 is 0 Å². The Kier molecular flexibility index (Phi) is 6.63. The minimum Gasteiger partial charge on any atom is -0.348 e. The maximum atomic E-state index is 13.4. The maximum absolute atomic E-state index is 13.4. The van der Waals surface area contributed by atoms with E-state index in [1.54, 1.807) is 29.9 Å². The van der Waals surface area contributed by atoms with Crippen LogP contribution in [0, 0.1) is 12.3 Å². The SMILES string of the molecule is Cc1ccc(-c2cccc(CC3(C(=O)N(C)C)CCN(C(=O)CCn4cccn4)C3)c2)cc1. The first-order valence-electron chi connectivity index (χ1n) is 11.5. The second-order valence-electron chi connectivity index (χ2n) is 9.31. The molecule has 2 heterocycles. The highest BCUT2D eigenvalue weighted by molar-refractivity contribution is 5.85. The first kappa shape index (κ1) is 22.8. The topological polar surface area (TPSA) is 58.4 Å². The molecule has 0 aliphatic carbocycles. The number of carbonyl (C=O) groups excluding carboxylic acids is 2. The van der Waals surface area contributed by atoms with Gasteiger partial charge >= 0.3 is 0 Å². The highest BCUT2D eigenvalue weighted by Gasteiger charge is 2.46. The van der Waals surface area contributed by atoms with Crippen LogP contribution in [0.3, 0.4) is 0 Å². The number of amides is 2. The first-order chi connectivity index (χ1) is 15.9. The Balaban J connectivity index is 1.52. The van der Waals surface area contributed by atoms with Crippen molar-refractivity contribution >= 4 is 11.8 Å². The fraction of sp³-hybridized carbons (Fsp3) is 0.370. The molecule has 1 atom stereocenters. The number of hydrogen-bond acceptors (Lipinski definition) is 3. The average molecular weight is 445 g/mol. The normalized spacial score (nSPS) is 17.8.